The molecule has 0 aromatic heterocycles. The second-order valence-corrected chi connectivity index (χ2v) is 10.7. The second kappa shape index (κ2) is 19.4. The third-order valence-electron chi connectivity index (χ3n) is 7.09. The average Bonchev–Trinajstić information content (AvgIpc) is 2.80. The minimum absolute atomic E-state index is 0.0460. The highest BCUT2D eigenvalue weighted by molar-refractivity contribution is 6.00. The molecule has 0 N–H and O–H groups in total. The predicted octanol–water partition coefficient (Wildman–Crippen LogP) is 9.30. The fourth-order valence-corrected chi connectivity index (χ4v) is 5.49. The summed E-state index contributed by atoms with van der Waals surface area (Å²) < 4.78 is 0. The molecule has 0 saturated carbocycles. The molecule has 0 bridgehead atoms. The van der Waals surface area contributed by atoms with E-state index >= 15 is 0 Å². The summed E-state index contributed by atoms with van der Waals surface area (Å²) in [5.74, 6) is 0.782. The van der Waals surface area contributed by atoms with Gasteiger partial charge in [0, 0.05) is 17.9 Å². The van der Waals surface area contributed by atoms with Gasteiger partial charge in [0.1, 0.15) is 11.6 Å². The summed E-state index contributed by atoms with van der Waals surface area (Å²) in [5, 5.41) is 0. The molecule has 0 amide bonds. The number of hydrogen-bond acceptors (Lipinski definition) is 3. The predicted molar refractivity (Wildman–Crippen MR) is 155 cm³/mol. The third kappa shape index (κ3) is 11.5. The summed E-state index contributed by atoms with van der Waals surface area (Å²) in [6, 6.07) is 4.24. The van der Waals surface area contributed by atoms with E-state index in [1.807, 2.05) is 13.8 Å². The molecule has 3 nitrogen and oxygen atoms in total. The van der Waals surface area contributed by atoms with Gasteiger partial charge in [0.05, 0.1) is 6.42 Å². The van der Waals surface area contributed by atoms with E-state index in [0.717, 1.165) is 49.7 Å². The highest BCUT2D eigenvalue weighted by atomic mass is 16.1. The lowest BCUT2D eigenvalue weighted by molar-refractivity contribution is -0.129. The second-order valence-electron chi connectivity index (χ2n) is 10.7. The van der Waals surface area contributed by atoms with Gasteiger partial charge in [-0.3, -0.25) is 14.4 Å². The Labute approximate surface area is 223 Å². The van der Waals surface area contributed by atoms with Crippen LogP contribution in [0.5, 0.6) is 0 Å². The number of unbranched alkanes of at least 4 members (excludes halogenated alkanes) is 2. The van der Waals surface area contributed by atoms with E-state index in [1.165, 1.54) is 43.7 Å². The molecule has 1 aliphatic carbocycles. The number of fused-ring (bicyclic) bond motifs is 1. The largest absolute Gasteiger partial charge is 0.300 e. The zero-order chi connectivity index (χ0) is 27.7. The van der Waals surface area contributed by atoms with Crippen molar-refractivity contribution in [2.24, 2.45) is 17.8 Å². The van der Waals surface area contributed by atoms with Crippen LogP contribution in [0.25, 0.3) is 0 Å². The molecular weight excluding hydrogens is 444 g/mol. The fraction of sp³-hybridized carbons (Fsp3) is 0.727. The summed E-state index contributed by atoms with van der Waals surface area (Å²) in [6.07, 6.45) is 11.5. The monoisotopic (exact) mass is 500 g/mol. The number of benzene rings is 1. The molecule has 0 radical (unpaired) electrons. The fourth-order valence-electron chi connectivity index (χ4n) is 5.49. The van der Waals surface area contributed by atoms with Crippen LogP contribution in [0.4, 0.5) is 0 Å². The molecule has 1 aromatic rings. The van der Waals surface area contributed by atoms with Gasteiger partial charge in [0.25, 0.3) is 0 Å². The summed E-state index contributed by atoms with van der Waals surface area (Å²) in [5.41, 5.74) is 4.55. The van der Waals surface area contributed by atoms with E-state index in [9.17, 15) is 14.4 Å². The Morgan fingerprint density at radius 1 is 0.944 bits per heavy atom. The van der Waals surface area contributed by atoms with Crippen molar-refractivity contribution in [3.63, 3.8) is 0 Å². The molecule has 0 heterocycles. The van der Waals surface area contributed by atoms with Crippen LogP contribution >= 0.6 is 0 Å². The quantitative estimate of drug-likeness (QED) is 0.269. The van der Waals surface area contributed by atoms with Crippen LogP contribution in [0.15, 0.2) is 12.1 Å². The van der Waals surface area contributed by atoms with Crippen molar-refractivity contribution in [3.05, 3.63) is 34.4 Å². The minimum atomic E-state index is -0.0662. The molecule has 1 aromatic carbocycles. The molecule has 2 rings (SSSR count). The zero-order valence-electron chi connectivity index (χ0n) is 25.1. The molecule has 36 heavy (non-hydrogen) atoms. The number of aryl methyl sites for hydroxylation is 2. The van der Waals surface area contributed by atoms with Crippen molar-refractivity contribution < 1.29 is 14.4 Å². The normalized spacial score (nSPS) is 16.0. The Kier molecular flexibility index (Phi) is 18.4. The molecule has 0 saturated heterocycles. The van der Waals surface area contributed by atoms with Gasteiger partial charge in [-0.25, -0.2) is 0 Å². The van der Waals surface area contributed by atoms with Crippen LogP contribution in [0.2, 0.25) is 0 Å². The molecule has 1 aliphatic rings. The van der Waals surface area contributed by atoms with Crippen LogP contribution in [0.1, 0.15) is 147 Å². The minimum Gasteiger partial charge on any atom is -0.300 e. The van der Waals surface area contributed by atoms with Gasteiger partial charge < -0.3 is 0 Å². The highest BCUT2D eigenvalue weighted by Crippen LogP contribution is 2.37. The van der Waals surface area contributed by atoms with E-state index in [4.69, 9.17) is 0 Å². The number of carbonyl (C=O) groups is 3. The van der Waals surface area contributed by atoms with Crippen molar-refractivity contribution in [2.45, 2.75) is 139 Å². The zero-order valence-corrected chi connectivity index (χ0v) is 25.1. The van der Waals surface area contributed by atoms with Crippen LogP contribution in [0.3, 0.4) is 0 Å². The van der Waals surface area contributed by atoms with Gasteiger partial charge in [0.2, 0.25) is 0 Å². The maximum Gasteiger partial charge on any atom is 0.163 e. The molecule has 3 atom stereocenters. The maximum atomic E-state index is 12.9. The summed E-state index contributed by atoms with van der Waals surface area (Å²) in [6.45, 7) is 18.5. The van der Waals surface area contributed by atoms with E-state index in [0.29, 0.717) is 12.3 Å². The number of Topliss-reactive ketones (excluding diaryl/α,β-unsaturated/α-hetero) is 3. The summed E-state index contributed by atoms with van der Waals surface area (Å²) >= 11 is 0. The first-order valence-electron chi connectivity index (χ1n) is 14.8. The van der Waals surface area contributed by atoms with E-state index < -0.39 is 0 Å². The van der Waals surface area contributed by atoms with Gasteiger partial charge in [-0.15, -0.1) is 0 Å². The average molecular weight is 501 g/mol. The SMILES string of the molecule is CCC.CCCC(CC1CC(=O)c2c(C)ccc(CC)c2C1)C(CC)C(=O)CC(C)=O.CCCCC. The van der Waals surface area contributed by atoms with Crippen molar-refractivity contribution >= 4 is 17.3 Å². The van der Waals surface area contributed by atoms with Crippen molar-refractivity contribution in [1.29, 1.82) is 0 Å². The molecule has 3 unspecified atom stereocenters. The number of hydrogen-bond donors (Lipinski definition) is 0. The molecular formula is C33H56O3. The Balaban J connectivity index is 0.00000134. The Bertz CT molecular complexity index is 790. The summed E-state index contributed by atoms with van der Waals surface area (Å²) in [4.78, 5) is 37.1. The van der Waals surface area contributed by atoms with E-state index in [-0.39, 0.29) is 35.6 Å². The number of carbonyl (C=O) groups excluding carboxylic acids is 3. The summed E-state index contributed by atoms with van der Waals surface area (Å²) in [7, 11) is 0. The smallest absolute Gasteiger partial charge is 0.163 e. The molecule has 3 heteroatoms. The standard InChI is InChI=1S/C25H36O3.C5H12.C3H8/c1-6-9-20(21(8-3)23(27)12-17(5)26)13-18-14-22-19(7-2)11-10-16(4)25(22)24(28)15-18;1-3-5-4-2;1-3-2/h10-11,18,20-21H,6-9,12-15H2,1-5H3;3-5H2,1-2H3;3H2,1-2H3. The van der Waals surface area contributed by atoms with Gasteiger partial charge in [-0.1, -0.05) is 99.1 Å². The molecule has 206 valence electrons. The van der Waals surface area contributed by atoms with Crippen LogP contribution in [-0.2, 0) is 22.4 Å². The van der Waals surface area contributed by atoms with Gasteiger partial charge in [-0.2, -0.15) is 0 Å². The third-order valence-corrected chi connectivity index (χ3v) is 7.09. The lowest BCUT2D eigenvalue weighted by atomic mass is 9.71. The Morgan fingerprint density at radius 3 is 2.00 bits per heavy atom. The van der Waals surface area contributed by atoms with Crippen LogP contribution < -0.4 is 0 Å². The van der Waals surface area contributed by atoms with Gasteiger partial charge in [0.15, 0.2) is 5.78 Å². The maximum absolute atomic E-state index is 12.9. The number of ketones is 3. The highest BCUT2D eigenvalue weighted by Gasteiger charge is 2.33. The molecule has 0 aliphatic heterocycles. The first-order valence-corrected chi connectivity index (χ1v) is 14.8. The molecule has 0 fully saturated rings. The topological polar surface area (TPSA) is 51.2 Å². The van der Waals surface area contributed by atoms with Crippen LogP contribution in [-0.4, -0.2) is 17.3 Å². The van der Waals surface area contributed by atoms with Crippen LogP contribution in [0, 0.1) is 24.7 Å². The first-order chi connectivity index (χ1) is 17.1. The Hall–Kier alpha value is -1.77. The lowest BCUT2D eigenvalue weighted by Gasteiger charge is -2.32. The Morgan fingerprint density at radius 2 is 1.56 bits per heavy atom. The molecule has 0 spiro atoms. The van der Waals surface area contributed by atoms with Gasteiger partial charge in [-0.05, 0) is 68.1 Å². The van der Waals surface area contributed by atoms with Crippen molar-refractivity contribution in [2.75, 3.05) is 0 Å². The van der Waals surface area contributed by atoms with Gasteiger partial charge >= 0.3 is 0 Å². The first kappa shape index (κ1) is 34.2. The number of rotatable bonds is 12. The van der Waals surface area contributed by atoms with E-state index in [1.54, 1.807) is 0 Å². The van der Waals surface area contributed by atoms with Crippen molar-refractivity contribution in [3.8, 4) is 0 Å². The lowest BCUT2D eigenvalue weighted by Crippen LogP contribution is -2.30. The van der Waals surface area contributed by atoms with E-state index in [2.05, 4.69) is 53.7 Å². The van der Waals surface area contributed by atoms with Crippen molar-refractivity contribution in [1.82, 2.24) is 0 Å².